The lowest BCUT2D eigenvalue weighted by Gasteiger charge is -2.10. The molecule has 10 heteroatoms. The van der Waals surface area contributed by atoms with E-state index in [1.54, 1.807) is 12.1 Å². The van der Waals surface area contributed by atoms with Gasteiger partial charge in [-0.15, -0.1) is 0 Å². The maximum Gasteiger partial charge on any atom is 0.359 e. The fourth-order valence-corrected chi connectivity index (χ4v) is 2.61. The van der Waals surface area contributed by atoms with Crippen molar-refractivity contribution in [1.82, 2.24) is 9.78 Å². The fraction of sp³-hybridized carbons (Fsp3) is 0.158. The summed E-state index contributed by atoms with van der Waals surface area (Å²) in [6.07, 6.45) is 0. The molecule has 0 spiro atoms. The maximum absolute atomic E-state index is 13.6. The number of nitrogens with one attached hydrogen (secondary N) is 1. The number of amides is 1. The average Bonchev–Trinajstić information content (AvgIpc) is 2.70. The van der Waals surface area contributed by atoms with E-state index in [0.29, 0.717) is 6.07 Å². The van der Waals surface area contributed by atoms with E-state index in [-0.39, 0.29) is 35.3 Å². The summed E-state index contributed by atoms with van der Waals surface area (Å²) in [5.41, 5.74) is -0.974. The zero-order chi connectivity index (χ0) is 21.0. The Bertz CT molecular complexity index is 1150. The van der Waals surface area contributed by atoms with Crippen molar-refractivity contribution in [3.63, 3.8) is 0 Å². The van der Waals surface area contributed by atoms with Gasteiger partial charge in [-0.3, -0.25) is 9.59 Å². The Morgan fingerprint density at radius 3 is 2.55 bits per heavy atom. The molecule has 0 radical (unpaired) electrons. The van der Waals surface area contributed by atoms with Crippen molar-refractivity contribution in [2.45, 2.75) is 6.54 Å². The van der Waals surface area contributed by atoms with E-state index in [0.717, 1.165) is 16.8 Å². The van der Waals surface area contributed by atoms with Crippen molar-refractivity contribution in [2.75, 3.05) is 18.5 Å². The number of ether oxygens (including phenoxy) is 1. The quantitative estimate of drug-likeness (QED) is 0.603. The van der Waals surface area contributed by atoms with Gasteiger partial charge >= 0.3 is 5.97 Å². The van der Waals surface area contributed by atoms with E-state index in [1.807, 2.05) is 0 Å². The van der Waals surface area contributed by atoms with Crippen LogP contribution in [-0.4, -0.2) is 40.0 Å². The highest BCUT2D eigenvalue weighted by Crippen LogP contribution is 2.16. The van der Waals surface area contributed by atoms with E-state index in [2.05, 4.69) is 10.4 Å². The number of halogens is 2. The topological polar surface area (TPSA) is 111 Å². The molecule has 0 fully saturated rings. The number of nitrogens with zero attached hydrogens (tertiary/aromatic N) is 2. The molecule has 0 aliphatic heterocycles. The minimum absolute atomic E-state index is 0.131. The van der Waals surface area contributed by atoms with Crippen LogP contribution in [0.3, 0.4) is 0 Å². The van der Waals surface area contributed by atoms with Crippen LogP contribution < -0.4 is 10.9 Å². The lowest BCUT2D eigenvalue weighted by molar-refractivity contribution is -0.119. The molecule has 0 aliphatic rings. The molecule has 1 aromatic heterocycles. The molecule has 1 heterocycles. The molecule has 0 unspecified atom stereocenters. The standard InChI is InChI=1S/C19H15F2N3O5/c20-11-5-6-15(14(21)9-11)22-16(26)10-29-19(28)17-12-3-1-2-4-13(12)18(27)24(23-17)7-8-25/h1-6,9,25H,7-8,10H2,(H,22,26). The van der Waals surface area contributed by atoms with Crippen molar-refractivity contribution in [3.05, 3.63) is 70.1 Å². The van der Waals surface area contributed by atoms with Crippen LogP contribution in [0.2, 0.25) is 0 Å². The van der Waals surface area contributed by atoms with E-state index in [9.17, 15) is 23.2 Å². The van der Waals surface area contributed by atoms with Crippen LogP contribution in [0.5, 0.6) is 0 Å². The van der Waals surface area contributed by atoms with Crippen LogP contribution in [-0.2, 0) is 16.1 Å². The number of anilines is 1. The first-order chi connectivity index (χ1) is 13.9. The molecule has 3 aromatic rings. The van der Waals surface area contributed by atoms with Crippen molar-refractivity contribution >= 4 is 28.3 Å². The number of carbonyl (C=O) groups excluding carboxylic acids is 2. The zero-order valence-electron chi connectivity index (χ0n) is 14.9. The number of rotatable bonds is 6. The normalized spacial score (nSPS) is 10.7. The largest absolute Gasteiger partial charge is 0.451 e. The van der Waals surface area contributed by atoms with Gasteiger partial charge < -0.3 is 15.2 Å². The van der Waals surface area contributed by atoms with Crippen LogP contribution in [0.25, 0.3) is 10.8 Å². The summed E-state index contributed by atoms with van der Waals surface area (Å²) in [7, 11) is 0. The molecule has 0 bridgehead atoms. The molecule has 2 N–H and O–H groups in total. The zero-order valence-corrected chi connectivity index (χ0v) is 14.9. The van der Waals surface area contributed by atoms with Crippen LogP contribution in [0.4, 0.5) is 14.5 Å². The first-order valence-corrected chi connectivity index (χ1v) is 8.43. The lowest BCUT2D eigenvalue weighted by atomic mass is 10.1. The lowest BCUT2D eigenvalue weighted by Crippen LogP contribution is -2.28. The molecule has 0 saturated heterocycles. The van der Waals surface area contributed by atoms with Gasteiger partial charge in [0, 0.05) is 11.5 Å². The first-order valence-electron chi connectivity index (χ1n) is 8.43. The summed E-state index contributed by atoms with van der Waals surface area (Å²) in [5, 5.41) is 15.6. The monoisotopic (exact) mass is 403 g/mol. The number of benzene rings is 2. The van der Waals surface area contributed by atoms with Crippen LogP contribution in [0.15, 0.2) is 47.3 Å². The second kappa shape index (κ2) is 8.57. The minimum atomic E-state index is -0.984. The van der Waals surface area contributed by atoms with Crippen LogP contribution in [0, 0.1) is 11.6 Å². The van der Waals surface area contributed by atoms with Crippen molar-refractivity contribution in [1.29, 1.82) is 0 Å². The van der Waals surface area contributed by atoms with Crippen LogP contribution >= 0.6 is 0 Å². The Kier molecular flexibility index (Phi) is 5.93. The molecule has 0 atom stereocenters. The molecule has 0 aliphatic carbocycles. The predicted molar refractivity (Wildman–Crippen MR) is 98.4 cm³/mol. The van der Waals surface area contributed by atoms with Gasteiger partial charge in [-0.1, -0.05) is 18.2 Å². The Balaban J connectivity index is 1.78. The minimum Gasteiger partial charge on any atom is -0.451 e. The smallest absolute Gasteiger partial charge is 0.359 e. The fourth-order valence-electron chi connectivity index (χ4n) is 2.61. The number of esters is 1. The molecule has 0 saturated carbocycles. The molecular formula is C19H15F2N3O5. The third-order valence-corrected chi connectivity index (χ3v) is 3.91. The molecule has 150 valence electrons. The summed E-state index contributed by atoms with van der Waals surface area (Å²) >= 11 is 0. The third-order valence-electron chi connectivity index (χ3n) is 3.91. The molecule has 2 aromatic carbocycles. The summed E-state index contributed by atoms with van der Waals surface area (Å²) in [6, 6.07) is 8.79. The first kappa shape index (κ1) is 20.1. The molecule has 29 heavy (non-hydrogen) atoms. The maximum atomic E-state index is 13.6. The molecular weight excluding hydrogens is 388 g/mol. The number of aliphatic hydroxyl groups is 1. The summed E-state index contributed by atoms with van der Waals surface area (Å²) in [5.74, 6) is -3.62. The van der Waals surface area contributed by atoms with Gasteiger partial charge in [0.05, 0.1) is 24.2 Å². The summed E-state index contributed by atoms with van der Waals surface area (Å²) in [4.78, 5) is 36.7. The number of aromatic nitrogens is 2. The van der Waals surface area contributed by atoms with Gasteiger partial charge in [0.15, 0.2) is 12.3 Å². The third kappa shape index (κ3) is 4.43. The predicted octanol–water partition coefficient (Wildman–Crippen LogP) is 1.46. The molecule has 1 amide bonds. The second-order valence-corrected chi connectivity index (χ2v) is 5.89. The van der Waals surface area contributed by atoms with Gasteiger partial charge in [0.2, 0.25) is 0 Å². The SMILES string of the molecule is O=C(COC(=O)c1nn(CCO)c(=O)c2ccccc12)Nc1ccc(F)cc1F. The van der Waals surface area contributed by atoms with Gasteiger partial charge in [0.1, 0.15) is 11.6 Å². The van der Waals surface area contributed by atoms with Crippen molar-refractivity contribution in [3.8, 4) is 0 Å². The van der Waals surface area contributed by atoms with E-state index in [1.165, 1.54) is 12.1 Å². The Hall–Kier alpha value is -3.66. The molecule has 3 rings (SSSR count). The number of aliphatic hydroxyl groups excluding tert-OH is 1. The molecule has 8 nitrogen and oxygen atoms in total. The Labute approximate surface area is 162 Å². The highest BCUT2D eigenvalue weighted by atomic mass is 19.1. The second-order valence-electron chi connectivity index (χ2n) is 5.89. The van der Waals surface area contributed by atoms with Crippen LogP contribution in [0.1, 0.15) is 10.5 Å². The number of carbonyl (C=O) groups is 2. The summed E-state index contributed by atoms with van der Waals surface area (Å²) in [6.45, 7) is -1.26. The number of hydrogen-bond donors (Lipinski definition) is 2. The van der Waals surface area contributed by atoms with Crippen molar-refractivity contribution in [2.24, 2.45) is 0 Å². The number of hydrogen-bond acceptors (Lipinski definition) is 6. The van der Waals surface area contributed by atoms with E-state index in [4.69, 9.17) is 9.84 Å². The highest BCUT2D eigenvalue weighted by molar-refractivity contribution is 6.03. The van der Waals surface area contributed by atoms with Gasteiger partial charge in [-0.05, 0) is 18.2 Å². The van der Waals surface area contributed by atoms with Gasteiger partial charge in [-0.2, -0.15) is 5.10 Å². The van der Waals surface area contributed by atoms with E-state index < -0.39 is 35.7 Å². The van der Waals surface area contributed by atoms with E-state index >= 15 is 0 Å². The average molecular weight is 403 g/mol. The summed E-state index contributed by atoms with van der Waals surface area (Å²) < 4.78 is 32.3. The Morgan fingerprint density at radius 2 is 1.86 bits per heavy atom. The number of fused-ring (bicyclic) bond motifs is 1. The van der Waals surface area contributed by atoms with Gasteiger partial charge in [0.25, 0.3) is 11.5 Å². The van der Waals surface area contributed by atoms with Gasteiger partial charge in [-0.25, -0.2) is 18.3 Å². The Morgan fingerprint density at radius 1 is 1.14 bits per heavy atom. The highest BCUT2D eigenvalue weighted by Gasteiger charge is 2.19. The van der Waals surface area contributed by atoms with Crippen molar-refractivity contribution < 1.29 is 28.2 Å².